The van der Waals surface area contributed by atoms with Crippen LogP contribution < -0.4 is 0 Å². The highest BCUT2D eigenvalue weighted by atomic mass is 32.1. The number of carbonyl (C=O) groups is 1. The zero-order chi connectivity index (χ0) is 11.1. The second-order valence-electron chi connectivity index (χ2n) is 3.84. The molecule has 0 saturated heterocycles. The predicted molar refractivity (Wildman–Crippen MR) is 60.9 cm³/mol. The van der Waals surface area contributed by atoms with E-state index in [1.807, 2.05) is 0 Å². The van der Waals surface area contributed by atoms with Crippen LogP contribution in [0.1, 0.15) is 27.3 Å². The van der Waals surface area contributed by atoms with Gasteiger partial charge in [-0.15, -0.1) is 11.3 Å². The molecule has 16 heavy (non-hydrogen) atoms. The Morgan fingerprint density at radius 2 is 2.38 bits per heavy atom. The number of nitrogens with zero attached hydrogens (tertiary/aromatic N) is 1. The lowest BCUT2D eigenvalue weighted by molar-refractivity contribution is 0.0698. The van der Waals surface area contributed by atoms with Crippen molar-refractivity contribution < 1.29 is 9.90 Å². The molecule has 0 aliphatic heterocycles. The average molecular weight is 234 g/mol. The van der Waals surface area contributed by atoms with Crippen molar-refractivity contribution in [2.75, 3.05) is 0 Å². The minimum atomic E-state index is -0.890. The van der Waals surface area contributed by atoms with Crippen LogP contribution in [0.25, 0.3) is 11.3 Å². The smallest absolute Gasteiger partial charge is 0.337 e. The first kappa shape index (κ1) is 9.59. The molecule has 4 nitrogen and oxygen atoms in total. The summed E-state index contributed by atoms with van der Waals surface area (Å²) in [6.07, 6.45) is 4.50. The van der Waals surface area contributed by atoms with Crippen LogP contribution in [0, 0.1) is 0 Å². The number of fused-ring (bicyclic) bond motifs is 3. The molecule has 0 radical (unpaired) electrons. The monoisotopic (exact) mass is 234 g/mol. The van der Waals surface area contributed by atoms with Crippen molar-refractivity contribution in [2.24, 2.45) is 0 Å². The molecule has 2 aromatic heterocycles. The summed E-state index contributed by atoms with van der Waals surface area (Å²) in [5.74, 6) is -0.890. The lowest BCUT2D eigenvalue weighted by Gasteiger charge is -1.99. The van der Waals surface area contributed by atoms with Gasteiger partial charge >= 0.3 is 5.97 Å². The van der Waals surface area contributed by atoms with E-state index in [4.69, 9.17) is 5.11 Å². The Morgan fingerprint density at radius 3 is 3.19 bits per heavy atom. The molecule has 0 bridgehead atoms. The summed E-state index contributed by atoms with van der Waals surface area (Å²) in [5.41, 5.74) is 4.78. The van der Waals surface area contributed by atoms with Crippen molar-refractivity contribution in [1.82, 2.24) is 9.97 Å². The van der Waals surface area contributed by atoms with Crippen LogP contribution in [0.3, 0.4) is 0 Å². The van der Waals surface area contributed by atoms with Crippen LogP contribution in [0.15, 0.2) is 11.7 Å². The zero-order valence-corrected chi connectivity index (χ0v) is 9.30. The molecule has 2 aromatic rings. The number of hydrogen-bond donors (Lipinski definition) is 2. The summed E-state index contributed by atoms with van der Waals surface area (Å²) in [4.78, 5) is 19.7. The maximum absolute atomic E-state index is 11.1. The maximum atomic E-state index is 11.1. The van der Waals surface area contributed by atoms with Gasteiger partial charge in [-0.25, -0.2) is 9.78 Å². The molecule has 0 aromatic carbocycles. The van der Waals surface area contributed by atoms with Crippen molar-refractivity contribution in [3.8, 4) is 11.3 Å². The molecule has 2 heterocycles. The molecular weight excluding hydrogens is 224 g/mol. The first-order chi connectivity index (χ1) is 7.77. The Labute approximate surface area is 96.0 Å². The lowest BCUT2D eigenvalue weighted by Crippen LogP contribution is -1.97. The number of H-pyrrole nitrogens is 1. The number of aromatic carboxylic acids is 1. The summed E-state index contributed by atoms with van der Waals surface area (Å²) in [6, 6.07) is 0. The molecule has 1 aliphatic rings. The van der Waals surface area contributed by atoms with E-state index >= 15 is 0 Å². The van der Waals surface area contributed by atoms with E-state index in [-0.39, 0.29) is 0 Å². The van der Waals surface area contributed by atoms with Crippen LogP contribution in [-0.4, -0.2) is 21.0 Å². The van der Waals surface area contributed by atoms with E-state index in [1.165, 1.54) is 4.88 Å². The van der Waals surface area contributed by atoms with Gasteiger partial charge in [-0.1, -0.05) is 0 Å². The number of rotatable bonds is 1. The van der Waals surface area contributed by atoms with Crippen LogP contribution in [0.2, 0.25) is 0 Å². The first-order valence-electron chi connectivity index (χ1n) is 5.13. The maximum Gasteiger partial charge on any atom is 0.337 e. The van der Waals surface area contributed by atoms with E-state index in [2.05, 4.69) is 9.97 Å². The van der Waals surface area contributed by atoms with E-state index in [1.54, 1.807) is 23.0 Å². The van der Waals surface area contributed by atoms with E-state index in [9.17, 15) is 4.79 Å². The Balaban J connectivity index is 2.28. The summed E-state index contributed by atoms with van der Waals surface area (Å²) in [7, 11) is 0. The predicted octanol–water partition coefficient (Wildman–Crippen LogP) is 2.33. The number of carboxylic acids is 1. The van der Waals surface area contributed by atoms with Gasteiger partial charge in [0.15, 0.2) is 0 Å². The van der Waals surface area contributed by atoms with Gasteiger partial charge in [-0.3, -0.25) is 0 Å². The Hall–Kier alpha value is -1.62. The first-order valence-corrected chi connectivity index (χ1v) is 6.01. The van der Waals surface area contributed by atoms with Gasteiger partial charge in [-0.05, 0) is 19.3 Å². The molecule has 1 aliphatic carbocycles. The standard InChI is InChI=1S/C11H10N2O2S/c14-11(15)6-4-12-7-2-1-3-8-10(9(6)7)13-5-16-8/h4-5,12H,1-3H2,(H,14,15). The number of aromatic nitrogens is 2. The van der Waals surface area contributed by atoms with Crippen LogP contribution in [0.4, 0.5) is 0 Å². The van der Waals surface area contributed by atoms with Gasteiger partial charge in [0.1, 0.15) is 0 Å². The number of aromatic amines is 1. The third kappa shape index (κ3) is 1.28. The van der Waals surface area contributed by atoms with Gasteiger partial charge in [0.2, 0.25) is 0 Å². The number of hydrogen-bond acceptors (Lipinski definition) is 3. The minimum Gasteiger partial charge on any atom is -0.478 e. The third-order valence-corrected chi connectivity index (χ3v) is 3.79. The molecule has 82 valence electrons. The summed E-state index contributed by atoms with van der Waals surface area (Å²) < 4.78 is 0. The molecule has 0 unspecified atom stereocenters. The summed E-state index contributed by atoms with van der Waals surface area (Å²) >= 11 is 1.61. The second kappa shape index (κ2) is 3.45. The van der Waals surface area contributed by atoms with E-state index in [0.29, 0.717) is 5.56 Å². The zero-order valence-electron chi connectivity index (χ0n) is 8.49. The largest absolute Gasteiger partial charge is 0.478 e. The highest BCUT2D eigenvalue weighted by molar-refractivity contribution is 7.10. The van der Waals surface area contributed by atoms with Gasteiger partial charge in [0.25, 0.3) is 0 Å². The molecule has 0 saturated carbocycles. The van der Waals surface area contributed by atoms with Crippen molar-refractivity contribution >= 4 is 17.3 Å². The topological polar surface area (TPSA) is 66.0 Å². The van der Waals surface area contributed by atoms with Crippen LogP contribution in [0.5, 0.6) is 0 Å². The van der Waals surface area contributed by atoms with Crippen molar-refractivity contribution in [1.29, 1.82) is 0 Å². The van der Waals surface area contributed by atoms with E-state index < -0.39 is 5.97 Å². The fraction of sp³-hybridized carbons (Fsp3) is 0.273. The summed E-state index contributed by atoms with van der Waals surface area (Å²) in [5, 5.41) is 9.14. The normalized spacial score (nSPS) is 14.0. The molecule has 2 N–H and O–H groups in total. The van der Waals surface area contributed by atoms with Gasteiger partial charge in [0, 0.05) is 22.3 Å². The molecule has 3 rings (SSSR count). The quantitative estimate of drug-likeness (QED) is 0.795. The Bertz CT molecular complexity index is 556. The molecule has 0 atom stereocenters. The van der Waals surface area contributed by atoms with Gasteiger partial charge < -0.3 is 10.1 Å². The van der Waals surface area contributed by atoms with Crippen LogP contribution >= 0.6 is 11.3 Å². The second-order valence-corrected chi connectivity index (χ2v) is 4.78. The molecule has 0 amide bonds. The molecular formula is C11H10N2O2S. The highest BCUT2D eigenvalue weighted by Crippen LogP contribution is 2.35. The highest BCUT2D eigenvalue weighted by Gasteiger charge is 2.24. The fourth-order valence-corrected chi connectivity index (χ4v) is 2.99. The molecule has 0 spiro atoms. The van der Waals surface area contributed by atoms with Crippen molar-refractivity contribution in [2.45, 2.75) is 19.3 Å². The third-order valence-electron chi connectivity index (χ3n) is 2.90. The molecule has 5 heteroatoms. The number of aryl methyl sites for hydroxylation is 2. The van der Waals surface area contributed by atoms with Gasteiger partial charge in [0.05, 0.1) is 16.8 Å². The number of nitrogens with one attached hydrogen (secondary N) is 1. The van der Waals surface area contributed by atoms with Crippen LogP contribution in [-0.2, 0) is 12.8 Å². The average Bonchev–Trinajstić information content (AvgIpc) is 2.82. The van der Waals surface area contributed by atoms with Crippen molar-refractivity contribution in [3.05, 3.63) is 27.8 Å². The number of thiazole rings is 1. The minimum absolute atomic E-state index is 0.337. The fourth-order valence-electron chi connectivity index (χ4n) is 2.18. The Kier molecular flexibility index (Phi) is 2.07. The summed E-state index contributed by atoms with van der Waals surface area (Å²) in [6.45, 7) is 0. The Morgan fingerprint density at radius 1 is 1.50 bits per heavy atom. The lowest BCUT2D eigenvalue weighted by atomic mass is 10.1. The van der Waals surface area contributed by atoms with E-state index in [0.717, 1.165) is 36.2 Å². The number of carboxylic acid groups (broad SMARTS) is 1. The van der Waals surface area contributed by atoms with Crippen molar-refractivity contribution in [3.63, 3.8) is 0 Å². The molecule has 0 fully saturated rings. The SMILES string of the molecule is O=C(O)c1c[nH]c2c1-c1ncsc1CCC2. The van der Waals surface area contributed by atoms with Gasteiger partial charge in [-0.2, -0.15) is 0 Å².